The molecule has 0 radical (unpaired) electrons. The Morgan fingerprint density at radius 1 is 1.39 bits per heavy atom. The van der Waals surface area contributed by atoms with Crippen LogP contribution in [-0.2, 0) is 20.1 Å². The Kier molecular flexibility index (Phi) is 3.74. The number of nitrogens with one attached hydrogen (secondary N) is 1. The summed E-state index contributed by atoms with van der Waals surface area (Å²) in [5.41, 5.74) is 7.90. The van der Waals surface area contributed by atoms with Crippen molar-refractivity contribution in [2.45, 2.75) is 13.1 Å². The Balaban J connectivity index is 1.96. The summed E-state index contributed by atoms with van der Waals surface area (Å²) in [6, 6.07) is 7.35. The molecule has 5 nitrogen and oxygen atoms in total. The van der Waals surface area contributed by atoms with Gasteiger partial charge in [0.2, 0.25) is 5.91 Å². The number of nitrogens with zero attached hydrogens (tertiary/aromatic N) is 2. The number of carbonyl (C=O) groups is 1. The molecule has 18 heavy (non-hydrogen) atoms. The van der Waals surface area contributed by atoms with Crippen molar-refractivity contribution in [1.82, 2.24) is 15.1 Å². The number of nitrogens with two attached hydrogens (primary N) is 1. The molecule has 0 aliphatic heterocycles. The number of hydrogen-bond donors (Lipinski definition) is 2. The predicted octanol–water partition coefficient (Wildman–Crippen LogP) is 0.809. The van der Waals surface area contributed by atoms with E-state index in [9.17, 15) is 4.79 Å². The van der Waals surface area contributed by atoms with E-state index < -0.39 is 5.91 Å². The molecule has 0 saturated heterocycles. The van der Waals surface area contributed by atoms with Crippen LogP contribution < -0.4 is 11.1 Å². The predicted molar refractivity (Wildman–Crippen MR) is 68.7 cm³/mol. The first kappa shape index (κ1) is 12.3. The summed E-state index contributed by atoms with van der Waals surface area (Å²) in [7, 11) is 1.88. The molecule has 1 aromatic carbocycles. The molecule has 0 aliphatic rings. The highest BCUT2D eigenvalue weighted by atomic mass is 16.1. The van der Waals surface area contributed by atoms with Crippen molar-refractivity contribution in [2.75, 3.05) is 0 Å². The van der Waals surface area contributed by atoms with Crippen molar-refractivity contribution in [1.29, 1.82) is 0 Å². The second kappa shape index (κ2) is 5.46. The van der Waals surface area contributed by atoms with E-state index in [0.29, 0.717) is 18.7 Å². The molecule has 0 unspecified atom stereocenters. The summed E-state index contributed by atoms with van der Waals surface area (Å²) in [6.45, 7) is 1.31. The van der Waals surface area contributed by atoms with Crippen LogP contribution in [0.5, 0.6) is 0 Å². The normalized spacial score (nSPS) is 10.5. The third-order valence-electron chi connectivity index (χ3n) is 2.69. The molecule has 1 heterocycles. The maximum absolute atomic E-state index is 11.2. The summed E-state index contributed by atoms with van der Waals surface area (Å²) in [4.78, 5) is 11.2. The molecule has 0 bridgehead atoms. The van der Waals surface area contributed by atoms with Crippen LogP contribution in [-0.4, -0.2) is 15.7 Å². The first-order valence-corrected chi connectivity index (χ1v) is 5.73. The number of primary amides is 1. The molecule has 2 aromatic rings. The van der Waals surface area contributed by atoms with Gasteiger partial charge in [-0.15, -0.1) is 0 Å². The van der Waals surface area contributed by atoms with Crippen molar-refractivity contribution in [3.8, 4) is 0 Å². The van der Waals surface area contributed by atoms with Crippen molar-refractivity contribution >= 4 is 5.91 Å². The Morgan fingerprint density at radius 3 is 2.83 bits per heavy atom. The lowest BCUT2D eigenvalue weighted by Gasteiger charge is -2.07. The number of aromatic nitrogens is 2. The summed E-state index contributed by atoms with van der Waals surface area (Å²) in [6.07, 6.45) is 3.76. The largest absolute Gasteiger partial charge is 0.366 e. The van der Waals surface area contributed by atoms with Gasteiger partial charge < -0.3 is 11.1 Å². The molecule has 1 aromatic heterocycles. The van der Waals surface area contributed by atoms with E-state index in [1.807, 2.05) is 37.6 Å². The van der Waals surface area contributed by atoms with E-state index in [1.54, 1.807) is 10.7 Å². The minimum Gasteiger partial charge on any atom is -0.366 e. The highest BCUT2D eigenvalue weighted by molar-refractivity contribution is 5.94. The van der Waals surface area contributed by atoms with Gasteiger partial charge in [-0.05, 0) is 11.6 Å². The summed E-state index contributed by atoms with van der Waals surface area (Å²) in [5, 5.41) is 7.36. The fourth-order valence-corrected chi connectivity index (χ4v) is 1.82. The molecule has 5 heteroatoms. The highest BCUT2D eigenvalue weighted by Gasteiger charge is 2.06. The molecule has 0 spiro atoms. The van der Waals surface area contributed by atoms with Crippen LogP contribution in [0.4, 0.5) is 0 Å². The van der Waals surface area contributed by atoms with Gasteiger partial charge in [0.25, 0.3) is 0 Å². The Labute approximate surface area is 106 Å². The van der Waals surface area contributed by atoms with Crippen molar-refractivity contribution in [3.63, 3.8) is 0 Å². The lowest BCUT2D eigenvalue weighted by Crippen LogP contribution is -2.18. The summed E-state index contributed by atoms with van der Waals surface area (Å²) >= 11 is 0. The van der Waals surface area contributed by atoms with Crippen molar-refractivity contribution in [3.05, 3.63) is 53.3 Å². The second-order valence-electron chi connectivity index (χ2n) is 4.15. The number of rotatable bonds is 5. The van der Waals surface area contributed by atoms with Crippen LogP contribution in [0.15, 0.2) is 36.7 Å². The minimum absolute atomic E-state index is 0.395. The second-order valence-corrected chi connectivity index (χ2v) is 4.15. The summed E-state index contributed by atoms with van der Waals surface area (Å²) < 4.78 is 1.76. The monoisotopic (exact) mass is 244 g/mol. The molecule has 0 saturated carbocycles. The number of aryl methyl sites for hydroxylation is 1. The lowest BCUT2D eigenvalue weighted by molar-refractivity contribution is 0.0999. The fourth-order valence-electron chi connectivity index (χ4n) is 1.82. The quantitative estimate of drug-likeness (QED) is 0.817. The first-order chi connectivity index (χ1) is 8.66. The van der Waals surface area contributed by atoms with E-state index in [0.717, 1.165) is 11.1 Å². The van der Waals surface area contributed by atoms with Gasteiger partial charge >= 0.3 is 0 Å². The van der Waals surface area contributed by atoms with Gasteiger partial charge in [-0.2, -0.15) is 5.10 Å². The smallest absolute Gasteiger partial charge is 0.249 e. The SMILES string of the molecule is Cn1cc(CNCc2ccccc2C(N)=O)cn1. The molecule has 0 atom stereocenters. The maximum Gasteiger partial charge on any atom is 0.249 e. The fraction of sp³-hybridized carbons (Fsp3) is 0.231. The molecule has 94 valence electrons. The standard InChI is InChI=1S/C13H16N4O/c1-17-9-10(7-16-17)6-15-8-11-4-2-3-5-12(11)13(14)18/h2-5,7,9,15H,6,8H2,1H3,(H2,14,18). The van der Waals surface area contributed by atoms with Gasteiger partial charge in [-0.3, -0.25) is 9.48 Å². The van der Waals surface area contributed by atoms with Gasteiger partial charge in [0.1, 0.15) is 0 Å². The third kappa shape index (κ3) is 2.95. The first-order valence-electron chi connectivity index (χ1n) is 5.73. The Morgan fingerprint density at radius 2 is 2.17 bits per heavy atom. The van der Waals surface area contributed by atoms with Crippen molar-refractivity contribution in [2.24, 2.45) is 12.8 Å². The van der Waals surface area contributed by atoms with Crippen LogP contribution >= 0.6 is 0 Å². The minimum atomic E-state index is -0.395. The average Bonchev–Trinajstić information content (AvgIpc) is 2.75. The third-order valence-corrected chi connectivity index (χ3v) is 2.69. The van der Waals surface area contributed by atoms with Gasteiger partial charge in [0.15, 0.2) is 0 Å². The average molecular weight is 244 g/mol. The molecular formula is C13H16N4O. The van der Waals surface area contributed by atoms with Gasteiger partial charge in [0.05, 0.1) is 6.20 Å². The van der Waals surface area contributed by atoms with E-state index in [1.165, 1.54) is 0 Å². The van der Waals surface area contributed by atoms with Crippen molar-refractivity contribution < 1.29 is 4.79 Å². The zero-order chi connectivity index (χ0) is 13.0. The summed E-state index contributed by atoms with van der Waals surface area (Å²) in [5.74, 6) is -0.395. The molecule has 2 rings (SSSR count). The van der Waals surface area contributed by atoms with Gasteiger partial charge in [0, 0.05) is 37.5 Å². The van der Waals surface area contributed by atoms with E-state index >= 15 is 0 Å². The van der Waals surface area contributed by atoms with Crippen LogP contribution in [0.25, 0.3) is 0 Å². The number of carbonyl (C=O) groups excluding carboxylic acids is 1. The molecule has 0 aliphatic carbocycles. The number of amides is 1. The molecule has 3 N–H and O–H groups in total. The molecule has 0 fully saturated rings. The Bertz CT molecular complexity index is 547. The number of hydrogen-bond acceptors (Lipinski definition) is 3. The van der Waals surface area contributed by atoms with Gasteiger partial charge in [-0.1, -0.05) is 18.2 Å². The zero-order valence-electron chi connectivity index (χ0n) is 10.3. The van der Waals surface area contributed by atoms with Crippen LogP contribution in [0.1, 0.15) is 21.5 Å². The van der Waals surface area contributed by atoms with Crippen LogP contribution in [0.3, 0.4) is 0 Å². The van der Waals surface area contributed by atoms with E-state index in [-0.39, 0.29) is 0 Å². The Hall–Kier alpha value is -2.14. The van der Waals surface area contributed by atoms with Crippen LogP contribution in [0, 0.1) is 0 Å². The van der Waals surface area contributed by atoms with Gasteiger partial charge in [-0.25, -0.2) is 0 Å². The highest BCUT2D eigenvalue weighted by Crippen LogP contribution is 2.08. The van der Waals surface area contributed by atoms with E-state index in [4.69, 9.17) is 5.73 Å². The maximum atomic E-state index is 11.2. The lowest BCUT2D eigenvalue weighted by atomic mass is 10.1. The number of benzene rings is 1. The molecular weight excluding hydrogens is 228 g/mol. The topological polar surface area (TPSA) is 72.9 Å². The van der Waals surface area contributed by atoms with Crippen LogP contribution in [0.2, 0.25) is 0 Å². The molecule has 1 amide bonds. The van der Waals surface area contributed by atoms with E-state index in [2.05, 4.69) is 10.4 Å². The zero-order valence-corrected chi connectivity index (χ0v) is 10.3.